The minimum absolute atomic E-state index is 0.327. The van der Waals surface area contributed by atoms with Crippen LogP contribution < -0.4 is 5.32 Å². The smallest absolute Gasteiger partial charge is 0.340 e. The van der Waals surface area contributed by atoms with E-state index in [1.807, 2.05) is 18.2 Å². The molecular formula is C15H9F3IN3. The lowest BCUT2D eigenvalue weighted by Gasteiger charge is -2.11. The second kappa shape index (κ2) is 5.71. The van der Waals surface area contributed by atoms with Gasteiger partial charge in [-0.1, -0.05) is 6.07 Å². The van der Waals surface area contributed by atoms with E-state index in [-0.39, 0.29) is 0 Å². The Bertz CT molecular complexity index is 834. The Balaban J connectivity index is 2.02. The van der Waals surface area contributed by atoms with Gasteiger partial charge in [-0.25, -0.2) is 9.97 Å². The van der Waals surface area contributed by atoms with E-state index in [0.717, 1.165) is 26.6 Å². The molecule has 1 aromatic heterocycles. The summed E-state index contributed by atoms with van der Waals surface area (Å²) in [6, 6.07) is 10.6. The van der Waals surface area contributed by atoms with Gasteiger partial charge in [0, 0.05) is 14.6 Å². The van der Waals surface area contributed by atoms with E-state index in [1.54, 1.807) is 6.07 Å². The first-order valence-electron chi connectivity index (χ1n) is 6.28. The molecule has 1 heterocycles. The average molecular weight is 415 g/mol. The fourth-order valence-electron chi connectivity index (χ4n) is 2.04. The highest BCUT2D eigenvalue weighted by molar-refractivity contribution is 14.1. The third kappa shape index (κ3) is 3.13. The Morgan fingerprint density at radius 3 is 2.59 bits per heavy atom. The molecule has 3 rings (SSSR count). The van der Waals surface area contributed by atoms with Gasteiger partial charge in [-0.3, -0.25) is 0 Å². The average Bonchev–Trinajstić information content (AvgIpc) is 2.47. The lowest BCUT2D eigenvalue weighted by Crippen LogP contribution is -2.05. The number of anilines is 2. The summed E-state index contributed by atoms with van der Waals surface area (Å²) in [5.41, 5.74) is 0.351. The maximum atomic E-state index is 12.8. The minimum Gasteiger partial charge on any atom is -0.340 e. The van der Waals surface area contributed by atoms with Gasteiger partial charge in [-0.2, -0.15) is 13.2 Å². The number of fused-ring (bicyclic) bond motifs is 1. The fraction of sp³-hybridized carbons (Fsp3) is 0.0667. The van der Waals surface area contributed by atoms with Crippen LogP contribution in [0.4, 0.5) is 24.7 Å². The molecule has 22 heavy (non-hydrogen) atoms. The normalized spacial score (nSPS) is 11.6. The molecular weight excluding hydrogens is 406 g/mol. The summed E-state index contributed by atoms with van der Waals surface area (Å²) in [6.45, 7) is 0. The highest BCUT2D eigenvalue weighted by atomic mass is 127. The van der Waals surface area contributed by atoms with Crippen molar-refractivity contribution < 1.29 is 13.2 Å². The van der Waals surface area contributed by atoms with Gasteiger partial charge < -0.3 is 5.32 Å². The Kier molecular flexibility index (Phi) is 3.90. The molecule has 0 atom stereocenters. The molecule has 7 heteroatoms. The molecule has 0 radical (unpaired) electrons. The molecule has 0 amide bonds. The summed E-state index contributed by atoms with van der Waals surface area (Å²) < 4.78 is 39.3. The van der Waals surface area contributed by atoms with Crippen LogP contribution >= 0.6 is 22.6 Å². The summed E-state index contributed by atoms with van der Waals surface area (Å²) in [5.74, 6) is 0.475. The molecule has 112 valence electrons. The van der Waals surface area contributed by atoms with Gasteiger partial charge in [-0.15, -0.1) is 0 Å². The summed E-state index contributed by atoms with van der Waals surface area (Å²) in [6.07, 6.45) is -2.99. The van der Waals surface area contributed by atoms with E-state index in [9.17, 15) is 13.2 Å². The van der Waals surface area contributed by atoms with Gasteiger partial charge in [-0.05, 0) is 59.0 Å². The highest BCUT2D eigenvalue weighted by Crippen LogP contribution is 2.32. The predicted octanol–water partition coefficient (Wildman–Crippen LogP) is 5.00. The van der Waals surface area contributed by atoms with Crippen molar-refractivity contribution in [2.45, 2.75) is 6.18 Å². The van der Waals surface area contributed by atoms with Gasteiger partial charge in [0.25, 0.3) is 0 Å². The van der Waals surface area contributed by atoms with E-state index in [0.29, 0.717) is 11.5 Å². The van der Waals surface area contributed by atoms with Crippen molar-refractivity contribution in [2.75, 3.05) is 5.32 Å². The molecule has 3 aromatic rings. The Labute approximate surface area is 137 Å². The topological polar surface area (TPSA) is 37.8 Å². The van der Waals surface area contributed by atoms with Crippen molar-refractivity contribution in [1.82, 2.24) is 9.97 Å². The van der Waals surface area contributed by atoms with Crippen LogP contribution in [-0.4, -0.2) is 9.97 Å². The molecule has 0 aliphatic carbocycles. The lowest BCUT2D eigenvalue weighted by molar-refractivity contribution is -0.137. The number of aromatic nitrogens is 2. The van der Waals surface area contributed by atoms with E-state index in [2.05, 4.69) is 37.9 Å². The number of alkyl halides is 3. The maximum absolute atomic E-state index is 12.8. The van der Waals surface area contributed by atoms with Crippen LogP contribution in [0.15, 0.2) is 48.8 Å². The number of rotatable bonds is 2. The Morgan fingerprint density at radius 2 is 1.82 bits per heavy atom. The molecule has 2 aromatic carbocycles. The Morgan fingerprint density at radius 1 is 1.00 bits per heavy atom. The van der Waals surface area contributed by atoms with Crippen LogP contribution in [0.1, 0.15) is 5.56 Å². The summed E-state index contributed by atoms with van der Waals surface area (Å²) in [5, 5.41) is 3.69. The summed E-state index contributed by atoms with van der Waals surface area (Å²) >= 11 is 2.16. The third-order valence-corrected chi connectivity index (χ3v) is 3.72. The molecule has 0 spiro atoms. The van der Waals surface area contributed by atoms with E-state index in [4.69, 9.17) is 0 Å². The first-order valence-corrected chi connectivity index (χ1v) is 7.36. The second-order valence-electron chi connectivity index (χ2n) is 4.59. The Hall–Kier alpha value is -1.90. The van der Waals surface area contributed by atoms with Crippen LogP contribution in [0.5, 0.6) is 0 Å². The molecule has 0 fully saturated rings. The van der Waals surface area contributed by atoms with Crippen LogP contribution in [0, 0.1) is 3.57 Å². The van der Waals surface area contributed by atoms with Crippen molar-refractivity contribution in [3.05, 3.63) is 57.9 Å². The zero-order chi connectivity index (χ0) is 15.7. The summed E-state index contributed by atoms with van der Waals surface area (Å²) in [7, 11) is 0. The fourth-order valence-corrected chi connectivity index (χ4v) is 2.53. The van der Waals surface area contributed by atoms with Crippen molar-refractivity contribution in [3.8, 4) is 0 Å². The first-order chi connectivity index (χ1) is 10.4. The number of hydrogen-bond donors (Lipinski definition) is 1. The monoisotopic (exact) mass is 415 g/mol. The number of halogens is 4. The van der Waals surface area contributed by atoms with E-state index < -0.39 is 11.7 Å². The number of benzene rings is 2. The zero-order valence-corrected chi connectivity index (χ0v) is 13.2. The first kappa shape index (κ1) is 15.0. The van der Waals surface area contributed by atoms with Gasteiger partial charge in [0.05, 0.1) is 11.1 Å². The molecule has 0 saturated heterocycles. The zero-order valence-electron chi connectivity index (χ0n) is 11.0. The van der Waals surface area contributed by atoms with E-state index >= 15 is 0 Å². The van der Waals surface area contributed by atoms with Crippen LogP contribution in [0.25, 0.3) is 10.9 Å². The van der Waals surface area contributed by atoms with Gasteiger partial charge in [0.15, 0.2) is 0 Å². The molecule has 0 saturated carbocycles. The molecule has 0 aliphatic heterocycles. The van der Waals surface area contributed by atoms with Crippen molar-refractivity contribution in [2.24, 2.45) is 0 Å². The molecule has 0 unspecified atom stereocenters. The third-order valence-electron chi connectivity index (χ3n) is 3.05. The van der Waals surface area contributed by atoms with Crippen molar-refractivity contribution in [3.63, 3.8) is 0 Å². The van der Waals surface area contributed by atoms with Crippen molar-refractivity contribution in [1.29, 1.82) is 0 Å². The SMILES string of the molecule is FC(F)(F)c1cccc(Nc2ncnc3ccc(I)cc23)c1. The van der Waals surface area contributed by atoms with Gasteiger partial charge in [0.1, 0.15) is 12.1 Å². The van der Waals surface area contributed by atoms with E-state index in [1.165, 1.54) is 12.4 Å². The largest absolute Gasteiger partial charge is 0.416 e. The maximum Gasteiger partial charge on any atom is 0.416 e. The number of nitrogens with one attached hydrogen (secondary N) is 1. The van der Waals surface area contributed by atoms with Gasteiger partial charge >= 0.3 is 6.18 Å². The lowest BCUT2D eigenvalue weighted by atomic mass is 10.2. The number of nitrogens with zero attached hydrogens (tertiary/aromatic N) is 2. The molecule has 1 N–H and O–H groups in total. The van der Waals surface area contributed by atoms with Crippen LogP contribution in [-0.2, 0) is 6.18 Å². The number of hydrogen-bond acceptors (Lipinski definition) is 3. The van der Waals surface area contributed by atoms with Gasteiger partial charge in [0.2, 0.25) is 0 Å². The van der Waals surface area contributed by atoms with Crippen LogP contribution in [0.3, 0.4) is 0 Å². The molecule has 0 bridgehead atoms. The predicted molar refractivity (Wildman–Crippen MR) is 87.0 cm³/mol. The second-order valence-corrected chi connectivity index (χ2v) is 5.83. The van der Waals surface area contributed by atoms with Crippen LogP contribution in [0.2, 0.25) is 0 Å². The molecule has 0 aliphatic rings. The molecule has 3 nitrogen and oxygen atoms in total. The van der Waals surface area contributed by atoms with Crippen molar-refractivity contribution >= 4 is 45.0 Å². The standard InChI is InChI=1S/C15H9F3IN3/c16-15(17,18)9-2-1-3-11(6-9)22-14-12-7-10(19)4-5-13(12)20-8-21-14/h1-8H,(H,20,21,22). The highest BCUT2D eigenvalue weighted by Gasteiger charge is 2.30. The summed E-state index contributed by atoms with van der Waals surface area (Å²) in [4.78, 5) is 8.28. The minimum atomic E-state index is -4.37. The quantitative estimate of drug-likeness (QED) is 0.599.